The lowest BCUT2D eigenvalue weighted by molar-refractivity contribution is -0.137. The van der Waals surface area contributed by atoms with Crippen molar-refractivity contribution in [2.45, 2.75) is 37.6 Å². The van der Waals surface area contributed by atoms with Gasteiger partial charge in [-0.15, -0.1) is 0 Å². The van der Waals surface area contributed by atoms with Gasteiger partial charge in [-0.05, 0) is 24.5 Å². The van der Waals surface area contributed by atoms with Gasteiger partial charge in [0, 0.05) is 12.1 Å². The molecular weight excluding hydrogens is 346 g/mol. The smallest absolute Gasteiger partial charge is 0.305 e. The van der Waals surface area contributed by atoms with E-state index in [1.165, 1.54) is 6.07 Å². The van der Waals surface area contributed by atoms with Crippen molar-refractivity contribution in [1.29, 1.82) is 0 Å². The minimum absolute atomic E-state index is 0.00404. The second-order valence-corrected chi connectivity index (χ2v) is 7.81. The zero-order valence-electron chi connectivity index (χ0n) is 14.0. The van der Waals surface area contributed by atoms with E-state index in [-0.39, 0.29) is 29.6 Å². The molecule has 0 saturated heterocycles. The number of sulfonamides is 1. The number of carboxylic acids is 1. The predicted octanol–water partition coefficient (Wildman–Crippen LogP) is 0.731. The van der Waals surface area contributed by atoms with Crippen molar-refractivity contribution in [2.75, 3.05) is 6.54 Å². The third kappa shape index (κ3) is 4.79. The van der Waals surface area contributed by atoms with Gasteiger partial charge in [0.1, 0.15) is 11.9 Å². The number of carbonyl (C=O) groups is 2. The molecule has 8 nitrogen and oxygen atoms in total. The first-order chi connectivity index (χ1) is 11.7. The van der Waals surface area contributed by atoms with E-state index < -0.39 is 27.9 Å². The number of hydrogen-bond donors (Lipinski definition) is 3. The van der Waals surface area contributed by atoms with Crippen LogP contribution in [0.2, 0.25) is 0 Å². The SMILES string of the molecule is CC(C)CC(N=C1NS(=O)(=O)c2ccccc21)C(=O)NCCC(=O)O. The predicted molar refractivity (Wildman–Crippen MR) is 91.8 cm³/mol. The molecule has 9 heteroatoms. The minimum Gasteiger partial charge on any atom is -0.481 e. The third-order valence-electron chi connectivity index (χ3n) is 3.58. The number of amides is 1. The van der Waals surface area contributed by atoms with Crippen LogP contribution in [0.5, 0.6) is 0 Å². The van der Waals surface area contributed by atoms with Crippen molar-refractivity contribution in [3.8, 4) is 0 Å². The molecule has 0 aliphatic carbocycles. The lowest BCUT2D eigenvalue weighted by Gasteiger charge is -2.15. The van der Waals surface area contributed by atoms with E-state index in [1.54, 1.807) is 18.2 Å². The van der Waals surface area contributed by atoms with Crippen LogP contribution in [0.3, 0.4) is 0 Å². The van der Waals surface area contributed by atoms with E-state index >= 15 is 0 Å². The highest BCUT2D eigenvalue weighted by Gasteiger charge is 2.32. The monoisotopic (exact) mass is 367 g/mol. The Morgan fingerprint density at radius 2 is 1.96 bits per heavy atom. The van der Waals surface area contributed by atoms with E-state index in [9.17, 15) is 18.0 Å². The van der Waals surface area contributed by atoms with Crippen molar-refractivity contribution in [2.24, 2.45) is 10.9 Å². The second-order valence-electron chi connectivity index (χ2n) is 6.16. The van der Waals surface area contributed by atoms with Crippen LogP contribution in [-0.2, 0) is 19.6 Å². The summed E-state index contributed by atoms with van der Waals surface area (Å²) in [7, 11) is -3.67. The normalized spacial score (nSPS) is 17.8. The van der Waals surface area contributed by atoms with Gasteiger partial charge in [0.25, 0.3) is 10.0 Å². The molecule has 3 N–H and O–H groups in total. The molecule has 0 fully saturated rings. The molecule has 2 rings (SSSR count). The average molecular weight is 367 g/mol. The number of nitrogens with zero attached hydrogens (tertiary/aromatic N) is 1. The van der Waals surface area contributed by atoms with E-state index in [4.69, 9.17) is 5.11 Å². The molecule has 1 aromatic carbocycles. The Hall–Kier alpha value is -2.42. The van der Waals surface area contributed by atoms with E-state index in [1.807, 2.05) is 13.8 Å². The summed E-state index contributed by atoms with van der Waals surface area (Å²) in [6, 6.07) is 5.61. The van der Waals surface area contributed by atoms with Gasteiger partial charge in [0.05, 0.1) is 11.3 Å². The van der Waals surface area contributed by atoms with Crippen LogP contribution in [-0.4, -0.2) is 43.8 Å². The molecule has 0 spiro atoms. The largest absolute Gasteiger partial charge is 0.481 e. The fraction of sp³-hybridized carbons (Fsp3) is 0.438. The first kappa shape index (κ1) is 18.9. The van der Waals surface area contributed by atoms with E-state index in [2.05, 4.69) is 15.0 Å². The maximum atomic E-state index is 12.3. The van der Waals surface area contributed by atoms with Gasteiger partial charge in [-0.25, -0.2) is 8.42 Å². The molecule has 1 amide bonds. The first-order valence-corrected chi connectivity index (χ1v) is 9.38. The summed E-state index contributed by atoms with van der Waals surface area (Å²) in [5, 5.41) is 11.2. The van der Waals surface area contributed by atoms with Crippen LogP contribution in [0, 0.1) is 5.92 Å². The number of nitrogens with one attached hydrogen (secondary N) is 2. The molecule has 25 heavy (non-hydrogen) atoms. The number of carbonyl (C=O) groups excluding carboxylic acids is 1. The maximum absolute atomic E-state index is 12.3. The fourth-order valence-electron chi connectivity index (χ4n) is 2.46. The Bertz CT molecular complexity index is 802. The van der Waals surface area contributed by atoms with Crippen LogP contribution >= 0.6 is 0 Å². The molecule has 0 aromatic heterocycles. The highest BCUT2D eigenvalue weighted by molar-refractivity contribution is 7.90. The van der Waals surface area contributed by atoms with Crippen LogP contribution in [0.15, 0.2) is 34.2 Å². The van der Waals surface area contributed by atoms with Crippen molar-refractivity contribution >= 4 is 27.7 Å². The molecule has 1 aromatic rings. The Morgan fingerprint density at radius 3 is 2.60 bits per heavy atom. The molecule has 1 atom stereocenters. The fourth-order valence-corrected chi connectivity index (χ4v) is 3.70. The topological polar surface area (TPSA) is 125 Å². The molecule has 0 saturated carbocycles. The van der Waals surface area contributed by atoms with Crippen molar-refractivity contribution in [3.63, 3.8) is 0 Å². The zero-order chi connectivity index (χ0) is 18.6. The van der Waals surface area contributed by atoms with Gasteiger partial charge >= 0.3 is 5.97 Å². The highest BCUT2D eigenvalue weighted by atomic mass is 32.2. The van der Waals surface area contributed by atoms with Gasteiger partial charge in [0.15, 0.2) is 0 Å². The van der Waals surface area contributed by atoms with Gasteiger partial charge in [-0.2, -0.15) is 0 Å². The summed E-state index contributed by atoms with van der Waals surface area (Å²) in [6.07, 6.45) is 0.221. The van der Waals surface area contributed by atoms with Crippen molar-refractivity contribution < 1.29 is 23.1 Å². The molecule has 136 valence electrons. The first-order valence-electron chi connectivity index (χ1n) is 7.90. The number of aliphatic imine (C=N–C) groups is 1. The number of fused-ring (bicyclic) bond motifs is 1. The summed E-state index contributed by atoms with van der Waals surface area (Å²) in [4.78, 5) is 27.3. The van der Waals surface area contributed by atoms with E-state index in [0.29, 0.717) is 12.0 Å². The van der Waals surface area contributed by atoms with Gasteiger partial charge in [-0.3, -0.25) is 19.3 Å². The van der Waals surface area contributed by atoms with Gasteiger partial charge in [0.2, 0.25) is 5.91 Å². The summed E-state index contributed by atoms with van der Waals surface area (Å²) >= 11 is 0. The number of aliphatic carboxylic acids is 1. The maximum Gasteiger partial charge on any atom is 0.305 e. The van der Waals surface area contributed by atoms with Crippen LogP contribution in [0.25, 0.3) is 0 Å². The van der Waals surface area contributed by atoms with Gasteiger partial charge < -0.3 is 10.4 Å². The quantitative estimate of drug-likeness (QED) is 0.655. The number of hydrogen-bond acceptors (Lipinski definition) is 5. The zero-order valence-corrected chi connectivity index (χ0v) is 14.8. The number of carboxylic acid groups (broad SMARTS) is 1. The number of benzene rings is 1. The number of amidine groups is 1. The van der Waals surface area contributed by atoms with Gasteiger partial charge in [-0.1, -0.05) is 26.0 Å². The van der Waals surface area contributed by atoms with E-state index in [0.717, 1.165) is 0 Å². The lowest BCUT2D eigenvalue weighted by atomic mass is 10.0. The molecule has 1 unspecified atom stereocenters. The molecule has 1 aliphatic rings. The van der Waals surface area contributed by atoms with Crippen molar-refractivity contribution in [3.05, 3.63) is 29.8 Å². The Morgan fingerprint density at radius 1 is 1.28 bits per heavy atom. The minimum atomic E-state index is -3.67. The van der Waals surface area contributed by atoms with Crippen LogP contribution in [0.4, 0.5) is 0 Å². The third-order valence-corrected chi connectivity index (χ3v) is 4.98. The van der Waals surface area contributed by atoms with Crippen LogP contribution < -0.4 is 10.0 Å². The summed E-state index contributed by atoms with van der Waals surface area (Å²) < 4.78 is 26.6. The lowest BCUT2D eigenvalue weighted by Crippen LogP contribution is -2.37. The second kappa shape index (κ2) is 7.64. The van der Waals surface area contributed by atoms with Crippen molar-refractivity contribution in [1.82, 2.24) is 10.0 Å². The molecule has 0 radical (unpaired) electrons. The highest BCUT2D eigenvalue weighted by Crippen LogP contribution is 2.23. The molecular formula is C16H21N3O5S. The standard InChI is InChI=1S/C16H21N3O5S/c1-10(2)9-12(16(22)17-8-7-14(20)21)18-15-11-5-3-4-6-13(11)25(23,24)19-15/h3-6,10,12H,7-9H2,1-2H3,(H,17,22)(H,18,19)(H,20,21). The summed E-state index contributed by atoms with van der Waals surface area (Å²) in [6.45, 7) is 3.84. The Kier molecular flexibility index (Phi) is 5.78. The Balaban J connectivity index is 2.26. The Labute approximate surface area is 146 Å². The average Bonchev–Trinajstić information content (AvgIpc) is 2.77. The molecule has 1 heterocycles. The molecule has 1 aliphatic heterocycles. The summed E-state index contributed by atoms with van der Waals surface area (Å²) in [5.74, 6) is -1.15. The van der Waals surface area contributed by atoms with Crippen LogP contribution in [0.1, 0.15) is 32.3 Å². The molecule has 0 bridgehead atoms. The number of rotatable bonds is 7. The summed E-state index contributed by atoms with van der Waals surface area (Å²) in [5.41, 5.74) is 0.426.